The van der Waals surface area contributed by atoms with Crippen LogP contribution in [-0.2, 0) is 9.53 Å². The van der Waals surface area contributed by atoms with Gasteiger partial charge in [0.05, 0.1) is 12.1 Å². The number of rotatable bonds is 6. The maximum atomic E-state index is 12.1. The predicted molar refractivity (Wildman–Crippen MR) is 82.5 cm³/mol. The molecule has 1 heterocycles. The molecular formula is C17H21NO5. The Kier molecular flexibility index (Phi) is 4.52. The van der Waals surface area contributed by atoms with Crippen molar-refractivity contribution in [2.24, 2.45) is 11.3 Å². The summed E-state index contributed by atoms with van der Waals surface area (Å²) in [6, 6.07) is 6.22. The lowest BCUT2D eigenvalue weighted by Crippen LogP contribution is -2.32. The predicted octanol–water partition coefficient (Wildman–Crippen LogP) is 1.70. The van der Waals surface area contributed by atoms with E-state index in [0.29, 0.717) is 18.9 Å². The lowest BCUT2D eigenvalue weighted by atomic mass is 9.94. The molecule has 1 saturated heterocycles. The number of hydrogen-bond acceptors (Lipinski definition) is 4. The molecule has 23 heavy (non-hydrogen) atoms. The monoisotopic (exact) mass is 319 g/mol. The van der Waals surface area contributed by atoms with Crippen molar-refractivity contribution < 1.29 is 24.2 Å². The van der Waals surface area contributed by atoms with Crippen LogP contribution in [0.2, 0.25) is 0 Å². The smallest absolute Gasteiger partial charge is 0.335 e. The molecule has 1 unspecified atom stereocenters. The highest BCUT2D eigenvalue weighted by molar-refractivity contribution is 5.87. The van der Waals surface area contributed by atoms with Crippen LogP contribution in [0.5, 0.6) is 5.75 Å². The van der Waals surface area contributed by atoms with Gasteiger partial charge < -0.3 is 19.9 Å². The molecule has 1 aliphatic heterocycles. The molecule has 2 aliphatic rings. The minimum atomic E-state index is -0.963. The summed E-state index contributed by atoms with van der Waals surface area (Å²) in [6.45, 7) is 2.34. The van der Waals surface area contributed by atoms with Gasteiger partial charge in [0.1, 0.15) is 12.4 Å². The molecule has 3 rings (SSSR count). The van der Waals surface area contributed by atoms with E-state index >= 15 is 0 Å². The molecule has 1 aliphatic carbocycles. The van der Waals surface area contributed by atoms with Gasteiger partial charge in [-0.2, -0.15) is 0 Å². The molecule has 0 radical (unpaired) electrons. The van der Waals surface area contributed by atoms with Crippen molar-refractivity contribution in [1.82, 2.24) is 5.32 Å². The molecule has 1 aromatic rings. The first-order chi connectivity index (χ1) is 11.1. The molecule has 6 heteroatoms. The summed E-state index contributed by atoms with van der Waals surface area (Å²) in [5.41, 5.74) is 0.414. The van der Waals surface area contributed by atoms with Crippen LogP contribution in [0, 0.1) is 11.3 Å². The Morgan fingerprint density at radius 3 is 2.61 bits per heavy atom. The maximum absolute atomic E-state index is 12.1. The number of carbonyl (C=O) groups excluding carboxylic acids is 1. The minimum Gasteiger partial charge on any atom is -0.492 e. The van der Waals surface area contributed by atoms with E-state index in [1.165, 1.54) is 12.1 Å². The van der Waals surface area contributed by atoms with Crippen LogP contribution in [0.3, 0.4) is 0 Å². The van der Waals surface area contributed by atoms with Gasteiger partial charge in [0.15, 0.2) is 0 Å². The lowest BCUT2D eigenvalue weighted by Gasteiger charge is -2.22. The van der Waals surface area contributed by atoms with Gasteiger partial charge in [-0.05, 0) is 48.9 Å². The fourth-order valence-electron chi connectivity index (χ4n) is 3.21. The van der Waals surface area contributed by atoms with Gasteiger partial charge >= 0.3 is 5.97 Å². The fourth-order valence-corrected chi connectivity index (χ4v) is 3.21. The van der Waals surface area contributed by atoms with Crippen LogP contribution >= 0.6 is 0 Å². The summed E-state index contributed by atoms with van der Waals surface area (Å²) in [7, 11) is 0. The summed E-state index contributed by atoms with van der Waals surface area (Å²) in [6.07, 6.45) is 2.94. The Morgan fingerprint density at radius 1 is 1.26 bits per heavy atom. The largest absolute Gasteiger partial charge is 0.492 e. The summed E-state index contributed by atoms with van der Waals surface area (Å²) < 4.78 is 10.9. The average molecular weight is 319 g/mol. The minimum absolute atomic E-state index is 0.108. The van der Waals surface area contributed by atoms with E-state index in [1.54, 1.807) is 12.1 Å². The van der Waals surface area contributed by atoms with Crippen LogP contribution in [0.1, 0.15) is 29.6 Å². The molecule has 0 bridgehead atoms. The van der Waals surface area contributed by atoms with Gasteiger partial charge in [-0.25, -0.2) is 4.79 Å². The number of benzene rings is 1. The molecule has 124 valence electrons. The SMILES string of the molecule is O=C(O)c1ccc(OCCNC(=O)C2CC23CCOCC3)cc1. The Morgan fingerprint density at radius 2 is 1.96 bits per heavy atom. The molecule has 2 N–H and O–H groups in total. The fraction of sp³-hybridized carbons (Fsp3) is 0.529. The summed E-state index contributed by atoms with van der Waals surface area (Å²) in [5, 5.41) is 11.7. The topological polar surface area (TPSA) is 84.9 Å². The van der Waals surface area contributed by atoms with Crippen molar-refractivity contribution in [3.8, 4) is 5.75 Å². The number of carbonyl (C=O) groups is 2. The number of carboxylic acid groups (broad SMARTS) is 1. The highest BCUT2D eigenvalue weighted by atomic mass is 16.5. The third-order valence-electron chi connectivity index (χ3n) is 4.77. The quantitative estimate of drug-likeness (QED) is 0.780. The highest BCUT2D eigenvalue weighted by Gasteiger charge is 2.57. The van der Waals surface area contributed by atoms with Crippen molar-refractivity contribution in [2.45, 2.75) is 19.3 Å². The second-order valence-electron chi connectivity index (χ2n) is 6.20. The molecule has 0 aromatic heterocycles. The number of carboxylic acids is 1. The highest BCUT2D eigenvalue weighted by Crippen LogP contribution is 2.59. The van der Waals surface area contributed by atoms with E-state index in [-0.39, 0.29) is 22.8 Å². The van der Waals surface area contributed by atoms with Crippen molar-refractivity contribution in [1.29, 1.82) is 0 Å². The second-order valence-corrected chi connectivity index (χ2v) is 6.20. The first kappa shape index (κ1) is 15.8. The van der Waals surface area contributed by atoms with Gasteiger partial charge in [0.25, 0.3) is 0 Å². The summed E-state index contributed by atoms with van der Waals surface area (Å²) >= 11 is 0. The summed E-state index contributed by atoms with van der Waals surface area (Å²) in [4.78, 5) is 22.9. The van der Waals surface area contributed by atoms with Gasteiger partial charge in [0.2, 0.25) is 5.91 Å². The van der Waals surface area contributed by atoms with Crippen LogP contribution in [0.15, 0.2) is 24.3 Å². The number of hydrogen-bond donors (Lipinski definition) is 2. The van der Waals surface area contributed by atoms with Crippen LogP contribution in [0.4, 0.5) is 0 Å². The second kappa shape index (κ2) is 6.58. The molecular weight excluding hydrogens is 298 g/mol. The summed E-state index contributed by atoms with van der Waals surface area (Å²) in [5.74, 6) is -0.134. The average Bonchev–Trinajstić information content (AvgIpc) is 3.25. The Balaban J connectivity index is 1.37. The van der Waals surface area contributed by atoms with Crippen molar-refractivity contribution in [2.75, 3.05) is 26.4 Å². The van der Waals surface area contributed by atoms with Crippen molar-refractivity contribution in [3.63, 3.8) is 0 Å². The molecule has 6 nitrogen and oxygen atoms in total. The van der Waals surface area contributed by atoms with Gasteiger partial charge in [-0.3, -0.25) is 4.79 Å². The third-order valence-corrected chi connectivity index (χ3v) is 4.77. The molecule has 2 fully saturated rings. The first-order valence-electron chi connectivity index (χ1n) is 7.92. The number of aromatic carboxylic acids is 1. The molecule has 1 aromatic carbocycles. The van der Waals surface area contributed by atoms with Crippen LogP contribution < -0.4 is 10.1 Å². The number of ether oxygens (including phenoxy) is 2. The van der Waals surface area contributed by atoms with Gasteiger partial charge in [0, 0.05) is 19.1 Å². The van der Waals surface area contributed by atoms with Crippen LogP contribution in [-0.4, -0.2) is 43.3 Å². The van der Waals surface area contributed by atoms with E-state index in [0.717, 1.165) is 32.5 Å². The normalized spacial score (nSPS) is 21.7. The Labute approximate surface area is 134 Å². The maximum Gasteiger partial charge on any atom is 0.335 e. The van der Waals surface area contributed by atoms with Gasteiger partial charge in [-0.15, -0.1) is 0 Å². The zero-order valence-corrected chi connectivity index (χ0v) is 12.9. The first-order valence-corrected chi connectivity index (χ1v) is 7.92. The Hall–Kier alpha value is -2.08. The Bertz CT molecular complexity index is 577. The molecule has 1 spiro atoms. The zero-order valence-electron chi connectivity index (χ0n) is 12.9. The lowest BCUT2D eigenvalue weighted by molar-refractivity contribution is -0.123. The number of amides is 1. The van der Waals surface area contributed by atoms with E-state index in [1.807, 2.05) is 0 Å². The van der Waals surface area contributed by atoms with Crippen LogP contribution in [0.25, 0.3) is 0 Å². The van der Waals surface area contributed by atoms with E-state index < -0.39 is 5.97 Å². The third kappa shape index (κ3) is 3.64. The number of nitrogens with one attached hydrogen (secondary N) is 1. The van der Waals surface area contributed by atoms with E-state index in [4.69, 9.17) is 14.6 Å². The van der Waals surface area contributed by atoms with Crippen molar-refractivity contribution >= 4 is 11.9 Å². The molecule has 1 atom stereocenters. The van der Waals surface area contributed by atoms with E-state index in [2.05, 4.69) is 5.32 Å². The van der Waals surface area contributed by atoms with Crippen molar-refractivity contribution in [3.05, 3.63) is 29.8 Å². The standard InChI is InChI=1S/C17H21NO5/c19-15(14-11-17(14)5-8-22-9-6-17)18-7-10-23-13-3-1-12(2-4-13)16(20)21/h1-4,14H,5-11H2,(H,18,19)(H,20,21). The molecule has 1 saturated carbocycles. The van der Waals surface area contributed by atoms with E-state index in [9.17, 15) is 9.59 Å². The zero-order chi connectivity index (χ0) is 16.3. The van der Waals surface area contributed by atoms with Gasteiger partial charge in [-0.1, -0.05) is 0 Å². The molecule has 1 amide bonds.